The largest absolute Gasteiger partial charge is 0.341 e. The highest BCUT2D eigenvalue weighted by Crippen LogP contribution is 2.18. The predicted molar refractivity (Wildman–Crippen MR) is 111 cm³/mol. The highest BCUT2D eigenvalue weighted by molar-refractivity contribution is 14.1. The number of carbonyl (C=O) groups is 2. The molecule has 3 rings (SSSR count). The number of hydrogen-bond acceptors (Lipinski definition) is 3. The maximum Gasteiger partial charge on any atom is 0.256 e. The van der Waals surface area contributed by atoms with Gasteiger partial charge in [-0.15, -0.1) is 0 Å². The Morgan fingerprint density at radius 1 is 1.12 bits per heavy atom. The normalized spacial score (nSPS) is 14.2. The van der Waals surface area contributed by atoms with Crippen LogP contribution >= 0.6 is 34.4 Å². The average molecular weight is 484 g/mol. The maximum atomic E-state index is 13.2. The third-order valence-corrected chi connectivity index (χ3v) is 5.94. The van der Waals surface area contributed by atoms with Crippen molar-refractivity contribution < 1.29 is 14.0 Å². The van der Waals surface area contributed by atoms with Crippen molar-refractivity contribution in [3.8, 4) is 0 Å². The smallest absolute Gasteiger partial charge is 0.256 e. The minimum Gasteiger partial charge on any atom is -0.341 e. The summed E-state index contributed by atoms with van der Waals surface area (Å²) in [5.74, 6) is 1.48. The molecule has 26 heavy (non-hydrogen) atoms. The standard InChI is InChI=1S/C19H18FIN2O2S/c20-14-3-6-16(17(21)12-14)19(25)22-15-4-1-13(2-5-15)11-18(24)23-7-9-26-10-8-23/h1-6,12H,7-11H2,(H,22,25). The summed E-state index contributed by atoms with van der Waals surface area (Å²) in [7, 11) is 0. The quantitative estimate of drug-likeness (QED) is 0.672. The lowest BCUT2D eigenvalue weighted by Crippen LogP contribution is -2.38. The van der Waals surface area contributed by atoms with Gasteiger partial charge in [0.25, 0.3) is 5.91 Å². The van der Waals surface area contributed by atoms with Gasteiger partial charge in [0, 0.05) is 33.9 Å². The molecule has 0 aromatic heterocycles. The van der Waals surface area contributed by atoms with Crippen LogP contribution in [0.1, 0.15) is 15.9 Å². The van der Waals surface area contributed by atoms with E-state index in [9.17, 15) is 14.0 Å². The summed E-state index contributed by atoms with van der Waals surface area (Å²) < 4.78 is 13.7. The van der Waals surface area contributed by atoms with Gasteiger partial charge >= 0.3 is 0 Å². The number of hydrogen-bond donors (Lipinski definition) is 1. The Morgan fingerprint density at radius 2 is 1.81 bits per heavy atom. The molecule has 0 bridgehead atoms. The summed E-state index contributed by atoms with van der Waals surface area (Å²) >= 11 is 3.81. The zero-order valence-corrected chi connectivity index (χ0v) is 17.0. The second-order valence-corrected chi connectivity index (χ2v) is 8.33. The Hall–Kier alpha value is -1.61. The molecule has 1 fully saturated rings. The van der Waals surface area contributed by atoms with Gasteiger partial charge < -0.3 is 10.2 Å². The first kappa shape index (κ1) is 19.2. The summed E-state index contributed by atoms with van der Waals surface area (Å²) in [6.45, 7) is 1.63. The highest BCUT2D eigenvalue weighted by atomic mass is 127. The Morgan fingerprint density at radius 3 is 2.46 bits per heavy atom. The number of nitrogens with one attached hydrogen (secondary N) is 1. The molecule has 1 saturated heterocycles. The fraction of sp³-hybridized carbons (Fsp3) is 0.263. The van der Waals surface area contributed by atoms with Crippen LogP contribution in [-0.4, -0.2) is 41.3 Å². The highest BCUT2D eigenvalue weighted by Gasteiger charge is 2.17. The molecule has 0 saturated carbocycles. The van der Waals surface area contributed by atoms with E-state index in [1.54, 1.807) is 12.1 Å². The zero-order chi connectivity index (χ0) is 18.5. The fourth-order valence-corrected chi connectivity index (χ4v) is 4.30. The number of carbonyl (C=O) groups excluding carboxylic acids is 2. The van der Waals surface area contributed by atoms with Gasteiger partial charge in [-0.2, -0.15) is 11.8 Å². The molecule has 0 unspecified atom stereocenters. The molecule has 0 radical (unpaired) electrons. The van der Waals surface area contributed by atoms with Gasteiger partial charge in [0.15, 0.2) is 0 Å². The fourth-order valence-electron chi connectivity index (χ4n) is 2.68. The van der Waals surface area contributed by atoms with Crippen LogP contribution in [-0.2, 0) is 11.2 Å². The molecular formula is C19H18FIN2O2S. The van der Waals surface area contributed by atoms with Crippen molar-refractivity contribution in [3.63, 3.8) is 0 Å². The molecule has 1 N–H and O–H groups in total. The lowest BCUT2D eigenvalue weighted by atomic mass is 10.1. The van der Waals surface area contributed by atoms with Gasteiger partial charge in [-0.1, -0.05) is 12.1 Å². The van der Waals surface area contributed by atoms with Crippen molar-refractivity contribution in [3.05, 3.63) is 63.0 Å². The first-order chi connectivity index (χ1) is 12.5. The van der Waals surface area contributed by atoms with Gasteiger partial charge in [-0.25, -0.2) is 4.39 Å². The molecule has 1 aliphatic heterocycles. The number of thioether (sulfide) groups is 1. The van der Waals surface area contributed by atoms with Crippen molar-refractivity contribution >= 4 is 51.9 Å². The van der Waals surface area contributed by atoms with Crippen LogP contribution in [0.2, 0.25) is 0 Å². The Kier molecular flexibility index (Phi) is 6.53. The second kappa shape index (κ2) is 8.85. The molecule has 136 valence electrons. The minimum absolute atomic E-state index is 0.142. The van der Waals surface area contributed by atoms with E-state index in [1.807, 2.05) is 51.4 Å². The van der Waals surface area contributed by atoms with Gasteiger partial charge in [0.2, 0.25) is 5.91 Å². The molecular weight excluding hydrogens is 466 g/mol. The number of benzene rings is 2. The van der Waals surface area contributed by atoms with Gasteiger partial charge in [0.05, 0.1) is 12.0 Å². The Balaban J connectivity index is 1.60. The maximum absolute atomic E-state index is 13.2. The molecule has 2 amide bonds. The molecule has 1 aliphatic rings. The first-order valence-corrected chi connectivity index (χ1v) is 10.5. The van der Waals surface area contributed by atoms with E-state index in [1.165, 1.54) is 18.2 Å². The van der Waals surface area contributed by atoms with Crippen LogP contribution in [0, 0.1) is 9.39 Å². The third-order valence-electron chi connectivity index (χ3n) is 4.11. The number of nitrogens with zero attached hydrogens (tertiary/aromatic N) is 1. The number of anilines is 1. The van der Waals surface area contributed by atoms with Crippen molar-refractivity contribution in [2.75, 3.05) is 29.9 Å². The Labute approximate surface area is 169 Å². The van der Waals surface area contributed by atoms with E-state index in [4.69, 9.17) is 0 Å². The van der Waals surface area contributed by atoms with Crippen LogP contribution in [0.5, 0.6) is 0 Å². The van der Waals surface area contributed by atoms with E-state index in [0.717, 1.165) is 30.2 Å². The third kappa shape index (κ3) is 4.97. The topological polar surface area (TPSA) is 49.4 Å². The van der Waals surface area contributed by atoms with Crippen LogP contribution in [0.4, 0.5) is 10.1 Å². The van der Waals surface area contributed by atoms with E-state index in [-0.39, 0.29) is 17.6 Å². The number of amides is 2. The van der Waals surface area contributed by atoms with Crippen LogP contribution in [0.3, 0.4) is 0 Å². The monoisotopic (exact) mass is 484 g/mol. The number of rotatable bonds is 4. The van der Waals surface area contributed by atoms with Crippen molar-refractivity contribution in [2.24, 2.45) is 0 Å². The lowest BCUT2D eigenvalue weighted by molar-refractivity contribution is -0.130. The first-order valence-electron chi connectivity index (χ1n) is 8.24. The molecule has 0 aliphatic carbocycles. The van der Waals surface area contributed by atoms with E-state index in [2.05, 4.69) is 5.32 Å². The lowest BCUT2D eigenvalue weighted by Gasteiger charge is -2.26. The van der Waals surface area contributed by atoms with Crippen molar-refractivity contribution in [1.29, 1.82) is 0 Å². The molecule has 7 heteroatoms. The number of halogens is 2. The zero-order valence-electron chi connectivity index (χ0n) is 14.0. The summed E-state index contributed by atoms with van der Waals surface area (Å²) in [6.07, 6.45) is 0.370. The van der Waals surface area contributed by atoms with E-state index < -0.39 is 0 Å². The van der Waals surface area contributed by atoms with Crippen molar-refractivity contribution in [1.82, 2.24) is 4.90 Å². The van der Waals surface area contributed by atoms with Gasteiger partial charge in [-0.05, 0) is 58.5 Å². The van der Waals surface area contributed by atoms with Crippen LogP contribution in [0.25, 0.3) is 0 Å². The van der Waals surface area contributed by atoms with Gasteiger partial charge in [-0.3, -0.25) is 9.59 Å². The molecule has 1 heterocycles. The van der Waals surface area contributed by atoms with E-state index in [0.29, 0.717) is 21.2 Å². The van der Waals surface area contributed by atoms with Gasteiger partial charge in [0.1, 0.15) is 5.82 Å². The molecule has 4 nitrogen and oxygen atoms in total. The SMILES string of the molecule is O=C(Nc1ccc(CC(=O)N2CCSCC2)cc1)c1ccc(F)cc1I. The predicted octanol–water partition coefficient (Wildman–Crippen LogP) is 3.80. The van der Waals surface area contributed by atoms with E-state index >= 15 is 0 Å². The molecule has 0 atom stereocenters. The average Bonchev–Trinajstić information content (AvgIpc) is 2.64. The molecule has 2 aromatic carbocycles. The molecule has 2 aromatic rings. The van der Waals surface area contributed by atoms with Crippen molar-refractivity contribution in [2.45, 2.75) is 6.42 Å². The van der Waals surface area contributed by atoms with Crippen LogP contribution in [0.15, 0.2) is 42.5 Å². The van der Waals surface area contributed by atoms with Crippen LogP contribution < -0.4 is 5.32 Å². The summed E-state index contributed by atoms with van der Waals surface area (Å²) in [5.41, 5.74) is 1.98. The summed E-state index contributed by atoms with van der Waals surface area (Å²) in [4.78, 5) is 26.5. The summed E-state index contributed by atoms with van der Waals surface area (Å²) in [5, 5.41) is 2.80. The Bertz CT molecular complexity index is 808. The second-order valence-electron chi connectivity index (χ2n) is 5.95. The molecule has 0 spiro atoms. The minimum atomic E-state index is -0.368. The summed E-state index contributed by atoms with van der Waals surface area (Å²) in [6, 6.07) is 11.3.